The summed E-state index contributed by atoms with van der Waals surface area (Å²) in [5, 5.41) is 2.37. The van der Waals surface area contributed by atoms with Crippen molar-refractivity contribution in [1.82, 2.24) is 9.62 Å². The summed E-state index contributed by atoms with van der Waals surface area (Å²) >= 11 is 0. The first-order valence-corrected chi connectivity index (χ1v) is 11.4. The minimum absolute atomic E-state index is 0.0561. The first-order valence-electron chi connectivity index (χ1n) is 9.89. The summed E-state index contributed by atoms with van der Waals surface area (Å²) in [6.45, 7) is 7.11. The normalized spacial score (nSPS) is 20.1. The van der Waals surface area contributed by atoms with Crippen LogP contribution >= 0.6 is 0 Å². The smallest absolute Gasteiger partial charge is 0.307 e. The van der Waals surface area contributed by atoms with Crippen molar-refractivity contribution in [3.63, 3.8) is 0 Å². The van der Waals surface area contributed by atoms with Gasteiger partial charge >= 0.3 is 6.03 Å². The summed E-state index contributed by atoms with van der Waals surface area (Å²) in [5.41, 5.74) is 5.84. The highest BCUT2D eigenvalue weighted by Crippen LogP contribution is 2.38. The van der Waals surface area contributed by atoms with Crippen LogP contribution in [0.2, 0.25) is 0 Å². The molecule has 0 spiro atoms. The van der Waals surface area contributed by atoms with E-state index in [9.17, 15) is 13.2 Å². The molecule has 2 amide bonds. The van der Waals surface area contributed by atoms with Gasteiger partial charge in [-0.25, -0.2) is 17.9 Å². The number of urea groups is 1. The number of fused-ring (bicyclic) bond motifs is 2. The van der Waals surface area contributed by atoms with Gasteiger partial charge in [0.1, 0.15) is 5.25 Å². The standard InChI is InChI=1S/C20H29N3O3S/c1-20(2,3)23-11-15(12-23)27(25,26)22-19(24)21-18-16-8-4-6-13(16)10-14-7-5-9-17(14)18/h10,15H,4-9,11-12H2,1-3H3,(H2,21,22,24). The molecule has 1 fully saturated rings. The number of hydrogen-bond donors (Lipinski definition) is 2. The molecule has 0 saturated carbocycles. The van der Waals surface area contributed by atoms with Gasteiger partial charge < -0.3 is 5.32 Å². The quantitative estimate of drug-likeness (QED) is 0.830. The zero-order chi connectivity index (χ0) is 19.4. The van der Waals surface area contributed by atoms with Gasteiger partial charge in [0.15, 0.2) is 0 Å². The second-order valence-electron chi connectivity index (χ2n) is 9.03. The number of rotatable bonds is 3. The van der Waals surface area contributed by atoms with E-state index in [1.165, 1.54) is 22.3 Å². The van der Waals surface area contributed by atoms with Crippen LogP contribution in [0.25, 0.3) is 0 Å². The molecule has 1 aliphatic heterocycles. The Hall–Kier alpha value is -1.60. The van der Waals surface area contributed by atoms with Gasteiger partial charge in [0.25, 0.3) is 0 Å². The van der Waals surface area contributed by atoms with E-state index in [2.05, 4.69) is 41.8 Å². The van der Waals surface area contributed by atoms with Gasteiger partial charge in [-0.1, -0.05) is 6.07 Å². The summed E-state index contributed by atoms with van der Waals surface area (Å²) in [7, 11) is -3.67. The summed E-state index contributed by atoms with van der Waals surface area (Å²) in [5.74, 6) is 0. The van der Waals surface area contributed by atoms with Crippen molar-refractivity contribution in [1.29, 1.82) is 0 Å². The lowest BCUT2D eigenvalue weighted by atomic mass is 9.99. The maximum Gasteiger partial charge on any atom is 0.332 e. The predicted octanol–water partition coefficient (Wildman–Crippen LogP) is 2.60. The third-order valence-electron chi connectivity index (χ3n) is 6.18. The molecule has 148 valence electrons. The average Bonchev–Trinajstić information content (AvgIpc) is 3.10. The van der Waals surface area contributed by atoms with Crippen LogP contribution < -0.4 is 10.0 Å². The van der Waals surface area contributed by atoms with E-state index in [1.54, 1.807) is 0 Å². The molecule has 2 N–H and O–H groups in total. The molecule has 4 rings (SSSR count). The van der Waals surface area contributed by atoms with Gasteiger partial charge in [0, 0.05) is 24.3 Å². The molecule has 27 heavy (non-hydrogen) atoms. The number of hydrogen-bond acceptors (Lipinski definition) is 4. The fraction of sp³-hybridized carbons (Fsp3) is 0.650. The largest absolute Gasteiger partial charge is 0.332 e. The highest BCUT2D eigenvalue weighted by molar-refractivity contribution is 7.90. The summed E-state index contributed by atoms with van der Waals surface area (Å²) in [6, 6.07) is 1.67. The lowest BCUT2D eigenvalue weighted by Crippen LogP contribution is -2.63. The van der Waals surface area contributed by atoms with Gasteiger partial charge in [-0.2, -0.15) is 0 Å². The minimum Gasteiger partial charge on any atom is -0.307 e. The van der Waals surface area contributed by atoms with E-state index >= 15 is 0 Å². The molecule has 0 unspecified atom stereocenters. The Morgan fingerprint density at radius 1 is 1.04 bits per heavy atom. The van der Waals surface area contributed by atoms with Crippen molar-refractivity contribution in [3.8, 4) is 0 Å². The topological polar surface area (TPSA) is 78.5 Å². The molecule has 7 heteroatoms. The second-order valence-corrected chi connectivity index (χ2v) is 11.0. The molecule has 0 atom stereocenters. The summed E-state index contributed by atoms with van der Waals surface area (Å²) < 4.78 is 27.4. The van der Waals surface area contributed by atoms with Crippen LogP contribution in [0, 0.1) is 0 Å². The van der Waals surface area contributed by atoms with E-state index in [0.29, 0.717) is 13.1 Å². The van der Waals surface area contributed by atoms with Crippen molar-refractivity contribution in [2.24, 2.45) is 0 Å². The fourth-order valence-corrected chi connectivity index (χ4v) is 5.73. The number of benzene rings is 1. The zero-order valence-corrected chi connectivity index (χ0v) is 17.2. The van der Waals surface area contributed by atoms with Crippen molar-refractivity contribution < 1.29 is 13.2 Å². The molecule has 3 aliphatic rings. The van der Waals surface area contributed by atoms with E-state index in [0.717, 1.165) is 44.2 Å². The Bertz CT molecular complexity index is 848. The minimum atomic E-state index is -3.67. The number of likely N-dealkylation sites (tertiary alicyclic amines) is 1. The van der Waals surface area contributed by atoms with Crippen LogP contribution in [0.3, 0.4) is 0 Å². The summed E-state index contributed by atoms with van der Waals surface area (Å²) in [4.78, 5) is 14.6. The van der Waals surface area contributed by atoms with Gasteiger partial charge in [0.05, 0.1) is 0 Å². The number of carbonyl (C=O) groups is 1. The Labute approximate surface area is 161 Å². The van der Waals surface area contributed by atoms with Crippen LogP contribution in [-0.2, 0) is 35.7 Å². The van der Waals surface area contributed by atoms with E-state index in [1.807, 2.05) is 0 Å². The van der Waals surface area contributed by atoms with Crippen molar-refractivity contribution in [3.05, 3.63) is 28.3 Å². The number of anilines is 1. The number of nitrogens with zero attached hydrogens (tertiary/aromatic N) is 1. The SMILES string of the molecule is CC(C)(C)N1CC(S(=O)(=O)NC(=O)Nc2c3c(cc4c2CCC4)CCC3)C1. The molecule has 1 heterocycles. The molecular formula is C20H29N3O3S. The first kappa shape index (κ1) is 18.7. The first-order chi connectivity index (χ1) is 12.6. The van der Waals surface area contributed by atoms with Gasteiger partial charge in [-0.15, -0.1) is 0 Å². The van der Waals surface area contributed by atoms with Crippen molar-refractivity contribution in [2.75, 3.05) is 18.4 Å². The Kier molecular flexibility index (Phi) is 4.50. The van der Waals surface area contributed by atoms with Crippen LogP contribution in [0.4, 0.5) is 10.5 Å². The van der Waals surface area contributed by atoms with Crippen LogP contribution in [0.1, 0.15) is 55.9 Å². The predicted molar refractivity (Wildman–Crippen MR) is 107 cm³/mol. The van der Waals surface area contributed by atoms with Crippen molar-refractivity contribution in [2.45, 2.75) is 70.1 Å². The number of aryl methyl sites for hydroxylation is 2. The summed E-state index contributed by atoms with van der Waals surface area (Å²) in [6.07, 6.45) is 6.18. The number of amides is 2. The van der Waals surface area contributed by atoms with Crippen LogP contribution in [0.15, 0.2) is 6.07 Å². The zero-order valence-electron chi connectivity index (χ0n) is 16.4. The Balaban J connectivity index is 1.47. The lowest BCUT2D eigenvalue weighted by molar-refractivity contribution is 0.0721. The van der Waals surface area contributed by atoms with E-state index < -0.39 is 21.3 Å². The molecule has 1 aromatic carbocycles. The van der Waals surface area contributed by atoms with E-state index in [4.69, 9.17) is 0 Å². The number of carbonyl (C=O) groups excluding carboxylic acids is 1. The lowest BCUT2D eigenvalue weighted by Gasteiger charge is -2.46. The monoisotopic (exact) mass is 391 g/mol. The molecular weight excluding hydrogens is 362 g/mol. The van der Waals surface area contributed by atoms with Crippen LogP contribution in [0.5, 0.6) is 0 Å². The number of sulfonamides is 1. The molecule has 0 aromatic heterocycles. The molecule has 2 aliphatic carbocycles. The van der Waals surface area contributed by atoms with E-state index in [-0.39, 0.29) is 5.54 Å². The number of nitrogens with one attached hydrogen (secondary N) is 2. The third-order valence-corrected chi connectivity index (χ3v) is 7.83. The maximum absolute atomic E-state index is 12.6. The second kappa shape index (κ2) is 6.48. The van der Waals surface area contributed by atoms with Crippen LogP contribution in [-0.4, -0.2) is 43.2 Å². The van der Waals surface area contributed by atoms with Gasteiger partial charge in [-0.05, 0) is 81.5 Å². The molecule has 0 radical (unpaired) electrons. The molecule has 0 bridgehead atoms. The highest BCUT2D eigenvalue weighted by atomic mass is 32.2. The Morgan fingerprint density at radius 3 is 2.11 bits per heavy atom. The van der Waals surface area contributed by atoms with Gasteiger partial charge in [0.2, 0.25) is 10.0 Å². The van der Waals surface area contributed by atoms with Gasteiger partial charge in [-0.3, -0.25) is 4.90 Å². The highest BCUT2D eigenvalue weighted by Gasteiger charge is 2.42. The molecule has 6 nitrogen and oxygen atoms in total. The molecule has 1 saturated heterocycles. The third kappa shape index (κ3) is 3.47. The average molecular weight is 392 g/mol. The maximum atomic E-state index is 12.6. The Morgan fingerprint density at radius 2 is 1.59 bits per heavy atom. The fourth-order valence-electron chi connectivity index (χ4n) is 4.50. The van der Waals surface area contributed by atoms with Crippen molar-refractivity contribution >= 4 is 21.7 Å². The molecule has 1 aromatic rings.